The number of piperazine rings is 1. The maximum atomic E-state index is 10.9. The average molecular weight is 328 g/mol. The Balaban J connectivity index is 1.68. The predicted octanol–water partition coefficient (Wildman–Crippen LogP) is 0.779. The van der Waals surface area contributed by atoms with Gasteiger partial charge in [-0.1, -0.05) is 12.1 Å². The van der Waals surface area contributed by atoms with Crippen LogP contribution in [0.2, 0.25) is 0 Å². The molecule has 1 aliphatic heterocycles. The number of carbonyl (C=O) groups is 1. The molecule has 0 unspecified atom stereocenters. The molecule has 3 rings (SSSR count). The van der Waals surface area contributed by atoms with Crippen LogP contribution in [0.1, 0.15) is 15.9 Å². The number of nitrogens with two attached hydrogens (primary N) is 1. The number of carboxylic acid groups (broad SMARTS) is 1. The number of aromatic nitrogens is 2. The summed E-state index contributed by atoms with van der Waals surface area (Å²) >= 11 is 0. The SMILES string of the molecule is Nc1nc(NCc2ccc(C(=O)O)cc2)cc(N2CCNCC2)n1. The van der Waals surface area contributed by atoms with Gasteiger partial charge in [-0.25, -0.2) is 4.79 Å². The van der Waals surface area contributed by atoms with Crippen LogP contribution in [0.5, 0.6) is 0 Å². The third-order valence-corrected chi connectivity index (χ3v) is 3.85. The summed E-state index contributed by atoms with van der Waals surface area (Å²) in [6, 6.07) is 8.60. The monoisotopic (exact) mass is 328 g/mol. The van der Waals surface area contributed by atoms with Crippen molar-refractivity contribution in [1.29, 1.82) is 0 Å². The van der Waals surface area contributed by atoms with Gasteiger partial charge in [0.25, 0.3) is 0 Å². The van der Waals surface area contributed by atoms with Gasteiger partial charge >= 0.3 is 5.97 Å². The molecule has 126 valence electrons. The maximum Gasteiger partial charge on any atom is 0.335 e. The number of benzene rings is 1. The van der Waals surface area contributed by atoms with Gasteiger partial charge in [0.1, 0.15) is 11.6 Å². The topological polar surface area (TPSA) is 116 Å². The number of rotatable bonds is 5. The second-order valence-electron chi connectivity index (χ2n) is 5.56. The molecule has 0 atom stereocenters. The summed E-state index contributed by atoms with van der Waals surface area (Å²) in [5.41, 5.74) is 7.05. The summed E-state index contributed by atoms with van der Waals surface area (Å²) in [7, 11) is 0. The smallest absolute Gasteiger partial charge is 0.335 e. The number of nitrogens with one attached hydrogen (secondary N) is 2. The van der Waals surface area contributed by atoms with E-state index in [1.165, 1.54) is 0 Å². The van der Waals surface area contributed by atoms with Gasteiger partial charge in [-0.2, -0.15) is 9.97 Å². The number of nitrogen functional groups attached to an aromatic ring is 1. The van der Waals surface area contributed by atoms with E-state index >= 15 is 0 Å². The Hall–Kier alpha value is -2.87. The predicted molar refractivity (Wildman–Crippen MR) is 92.3 cm³/mol. The molecule has 24 heavy (non-hydrogen) atoms. The second kappa shape index (κ2) is 7.14. The van der Waals surface area contributed by atoms with Crippen LogP contribution in [0.15, 0.2) is 30.3 Å². The van der Waals surface area contributed by atoms with Gasteiger partial charge in [-0.15, -0.1) is 0 Å². The molecule has 0 spiro atoms. The molecule has 0 aliphatic carbocycles. The van der Waals surface area contributed by atoms with Crippen LogP contribution < -0.4 is 21.3 Å². The molecule has 2 aromatic rings. The molecule has 1 aromatic carbocycles. The van der Waals surface area contributed by atoms with Crippen molar-refractivity contribution in [2.45, 2.75) is 6.54 Å². The highest BCUT2D eigenvalue weighted by Crippen LogP contribution is 2.18. The van der Waals surface area contributed by atoms with Crippen molar-refractivity contribution in [2.75, 3.05) is 42.1 Å². The molecule has 1 aliphatic rings. The summed E-state index contributed by atoms with van der Waals surface area (Å²) < 4.78 is 0. The number of aromatic carboxylic acids is 1. The van der Waals surface area contributed by atoms with Crippen LogP contribution in [0.25, 0.3) is 0 Å². The normalized spacial score (nSPS) is 14.4. The second-order valence-corrected chi connectivity index (χ2v) is 5.56. The summed E-state index contributed by atoms with van der Waals surface area (Å²) in [5, 5.41) is 15.4. The molecule has 2 heterocycles. The van der Waals surface area contributed by atoms with Crippen LogP contribution in [-0.2, 0) is 6.54 Å². The van der Waals surface area contributed by atoms with Crippen molar-refractivity contribution in [3.05, 3.63) is 41.5 Å². The number of nitrogens with zero attached hydrogens (tertiary/aromatic N) is 3. The van der Waals surface area contributed by atoms with E-state index in [0.29, 0.717) is 12.4 Å². The first kappa shape index (κ1) is 16.0. The fraction of sp³-hybridized carbons (Fsp3) is 0.312. The summed E-state index contributed by atoms with van der Waals surface area (Å²) in [6.07, 6.45) is 0. The van der Waals surface area contributed by atoms with Gasteiger partial charge in [0.15, 0.2) is 0 Å². The van der Waals surface area contributed by atoms with Gasteiger partial charge in [0, 0.05) is 38.8 Å². The lowest BCUT2D eigenvalue weighted by atomic mass is 10.1. The van der Waals surface area contributed by atoms with Crippen molar-refractivity contribution in [1.82, 2.24) is 15.3 Å². The Bertz CT molecular complexity index is 713. The van der Waals surface area contributed by atoms with Crippen LogP contribution in [0, 0.1) is 0 Å². The fourth-order valence-corrected chi connectivity index (χ4v) is 2.56. The van der Waals surface area contributed by atoms with Crippen molar-refractivity contribution >= 4 is 23.6 Å². The number of carboxylic acids is 1. The average Bonchev–Trinajstić information content (AvgIpc) is 2.60. The largest absolute Gasteiger partial charge is 0.478 e. The Morgan fingerprint density at radius 3 is 2.62 bits per heavy atom. The number of anilines is 3. The quantitative estimate of drug-likeness (QED) is 0.636. The summed E-state index contributed by atoms with van der Waals surface area (Å²) in [5.74, 6) is 0.763. The summed E-state index contributed by atoms with van der Waals surface area (Å²) in [4.78, 5) is 21.5. The number of hydrogen-bond acceptors (Lipinski definition) is 7. The first-order valence-corrected chi connectivity index (χ1v) is 7.78. The molecular formula is C16H20N6O2. The minimum Gasteiger partial charge on any atom is -0.478 e. The first-order chi connectivity index (χ1) is 11.6. The maximum absolute atomic E-state index is 10.9. The van der Waals surface area contributed by atoms with Crippen LogP contribution in [-0.4, -0.2) is 47.2 Å². The third kappa shape index (κ3) is 3.90. The highest BCUT2D eigenvalue weighted by molar-refractivity contribution is 5.87. The Labute approximate surface area is 139 Å². The molecule has 0 saturated carbocycles. The lowest BCUT2D eigenvalue weighted by Gasteiger charge is -2.28. The number of hydrogen-bond donors (Lipinski definition) is 4. The highest BCUT2D eigenvalue weighted by Gasteiger charge is 2.13. The minimum atomic E-state index is -0.932. The van der Waals surface area contributed by atoms with Crippen LogP contribution >= 0.6 is 0 Å². The van der Waals surface area contributed by atoms with Gasteiger partial charge in [0.05, 0.1) is 5.56 Å². The van der Waals surface area contributed by atoms with E-state index in [9.17, 15) is 4.79 Å². The van der Waals surface area contributed by atoms with Gasteiger partial charge < -0.3 is 26.4 Å². The van der Waals surface area contributed by atoms with E-state index in [0.717, 1.165) is 37.6 Å². The molecule has 1 fully saturated rings. The van der Waals surface area contributed by atoms with E-state index in [-0.39, 0.29) is 11.5 Å². The highest BCUT2D eigenvalue weighted by atomic mass is 16.4. The first-order valence-electron chi connectivity index (χ1n) is 7.78. The van der Waals surface area contributed by atoms with E-state index in [1.54, 1.807) is 24.3 Å². The minimum absolute atomic E-state index is 0.231. The Kier molecular flexibility index (Phi) is 4.76. The van der Waals surface area contributed by atoms with E-state index in [2.05, 4.69) is 25.5 Å². The van der Waals surface area contributed by atoms with Gasteiger partial charge in [-0.3, -0.25) is 0 Å². The molecule has 8 nitrogen and oxygen atoms in total. The summed E-state index contributed by atoms with van der Waals surface area (Å²) in [6.45, 7) is 4.13. The zero-order chi connectivity index (χ0) is 16.9. The molecular weight excluding hydrogens is 308 g/mol. The van der Waals surface area contributed by atoms with Crippen molar-refractivity contribution in [2.24, 2.45) is 0 Å². The fourth-order valence-electron chi connectivity index (χ4n) is 2.56. The molecule has 0 amide bonds. The van der Waals surface area contributed by atoms with Crippen molar-refractivity contribution < 1.29 is 9.90 Å². The van der Waals surface area contributed by atoms with E-state index < -0.39 is 5.97 Å². The zero-order valence-corrected chi connectivity index (χ0v) is 13.2. The zero-order valence-electron chi connectivity index (χ0n) is 13.2. The Morgan fingerprint density at radius 2 is 1.96 bits per heavy atom. The van der Waals surface area contributed by atoms with Crippen LogP contribution in [0.4, 0.5) is 17.6 Å². The van der Waals surface area contributed by atoms with Crippen LogP contribution in [0.3, 0.4) is 0 Å². The van der Waals surface area contributed by atoms with Gasteiger partial charge in [0.2, 0.25) is 5.95 Å². The Morgan fingerprint density at radius 1 is 1.25 bits per heavy atom. The molecule has 0 bridgehead atoms. The van der Waals surface area contributed by atoms with Crippen molar-refractivity contribution in [3.63, 3.8) is 0 Å². The molecule has 1 aromatic heterocycles. The van der Waals surface area contributed by atoms with E-state index in [4.69, 9.17) is 10.8 Å². The lowest BCUT2D eigenvalue weighted by molar-refractivity contribution is 0.0697. The lowest BCUT2D eigenvalue weighted by Crippen LogP contribution is -2.44. The third-order valence-electron chi connectivity index (χ3n) is 3.85. The molecule has 1 saturated heterocycles. The van der Waals surface area contributed by atoms with Gasteiger partial charge in [-0.05, 0) is 17.7 Å². The molecule has 8 heteroatoms. The molecule has 5 N–H and O–H groups in total. The van der Waals surface area contributed by atoms with E-state index in [1.807, 2.05) is 6.07 Å². The standard InChI is InChI=1S/C16H20N6O2/c17-16-20-13(9-14(21-16)22-7-5-18-6-8-22)19-10-11-1-3-12(4-2-11)15(23)24/h1-4,9,18H,5-8,10H2,(H,23,24)(H3,17,19,20,21). The molecule has 0 radical (unpaired) electrons. The van der Waals surface area contributed by atoms with Crippen molar-refractivity contribution in [3.8, 4) is 0 Å².